The molecule has 10 heteroatoms. The number of non-ortho nitro benzene ring substituents is 1. The Labute approximate surface area is 157 Å². The van der Waals surface area contributed by atoms with Crippen LogP contribution in [0.3, 0.4) is 0 Å². The third-order valence-electron chi connectivity index (χ3n) is 2.82. The van der Waals surface area contributed by atoms with E-state index >= 15 is 0 Å². The molecule has 1 atom stereocenters. The van der Waals surface area contributed by atoms with Crippen LogP contribution in [0.1, 0.15) is 16.6 Å². The summed E-state index contributed by atoms with van der Waals surface area (Å²) >= 11 is 7.71. The molecule has 0 aliphatic carbocycles. The molecule has 2 aromatic rings. The highest BCUT2D eigenvalue weighted by molar-refractivity contribution is 9.13. The van der Waals surface area contributed by atoms with Crippen molar-refractivity contribution in [1.82, 2.24) is 0 Å². The highest BCUT2D eigenvalue weighted by Gasteiger charge is 2.21. The van der Waals surface area contributed by atoms with Gasteiger partial charge < -0.3 is 10.1 Å². The standard InChI is InChI=1S/C14H10Br2N2O5S/c1-7(23-14(20)11-6-10(15)12(16)24-11)13(19)17-8-3-2-4-9(5-8)18(21)22/h2-7H,1H3,(H,17,19). The van der Waals surface area contributed by atoms with Crippen molar-refractivity contribution in [2.45, 2.75) is 13.0 Å². The van der Waals surface area contributed by atoms with Gasteiger partial charge in [-0.1, -0.05) is 6.07 Å². The summed E-state index contributed by atoms with van der Waals surface area (Å²) < 4.78 is 6.56. The van der Waals surface area contributed by atoms with E-state index in [1.807, 2.05) is 0 Å². The summed E-state index contributed by atoms with van der Waals surface area (Å²) in [4.78, 5) is 34.6. The fourth-order valence-corrected chi connectivity index (χ4v) is 3.58. The Hall–Kier alpha value is -1.78. The zero-order valence-electron chi connectivity index (χ0n) is 12.1. The van der Waals surface area contributed by atoms with Crippen molar-refractivity contribution >= 4 is 66.4 Å². The minimum absolute atomic E-state index is 0.147. The fraction of sp³-hybridized carbons (Fsp3) is 0.143. The van der Waals surface area contributed by atoms with E-state index in [1.54, 1.807) is 6.07 Å². The number of thiophene rings is 1. The van der Waals surface area contributed by atoms with Gasteiger partial charge in [0.1, 0.15) is 4.88 Å². The van der Waals surface area contributed by atoms with Crippen LogP contribution in [0.25, 0.3) is 0 Å². The number of benzene rings is 1. The maximum Gasteiger partial charge on any atom is 0.349 e. The van der Waals surface area contributed by atoms with E-state index < -0.39 is 22.9 Å². The van der Waals surface area contributed by atoms with Gasteiger partial charge in [0.25, 0.3) is 11.6 Å². The van der Waals surface area contributed by atoms with Crippen molar-refractivity contribution in [2.24, 2.45) is 0 Å². The summed E-state index contributed by atoms with van der Waals surface area (Å²) in [6.45, 7) is 1.42. The number of hydrogen-bond acceptors (Lipinski definition) is 6. The molecule has 1 amide bonds. The molecule has 0 saturated carbocycles. The summed E-state index contributed by atoms with van der Waals surface area (Å²) in [6, 6.07) is 7.08. The zero-order valence-corrected chi connectivity index (χ0v) is 16.1. The third kappa shape index (κ3) is 4.62. The lowest BCUT2D eigenvalue weighted by Crippen LogP contribution is -2.29. The van der Waals surface area contributed by atoms with Crippen molar-refractivity contribution in [2.75, 3.05) is 5.32 Å². The molecule has 1 heterocycles. The number of nitrogens with one attached hydrogen (secondary N) is 1. The van der Waals surface area contributed by atoms with Crippen LogP contribution in [0.5, 0.6) is 0 Å². The molecule has 0 fully saturated rings. The number of nitro groups is 1. The number of ether oxygens (including phenoxy) is 1. The van der Waals surface area contributed by atoms with Gasteiger partial charge in [-0.15, -0.1) is 11.3 Å². The highest BCUT2D eigenvalue weighted by atomic mass is 79.9. The van der Waals surface area contributed by atoms with Crippen LogP contribution < -0.4 is 5.32 Å². The molecule has 0 saturated heterocycles. The van der Waals surface area contributed by atoms with E-state index in [0.29, 0.717) is 9.35 Å². The van der Waals surface area contributed by atoms with Crippen LogP contribution in [-0.4, -0.2) is 22.9 Å². The third-order valence-corrected chi connectivity index (χ3v) is 6.06. The Bertz CT molecular complexity index is 789. The molecule has 1 unspecified atom stereocenters. The number of esters is 1. The molecule has 126 valence electrons. The van der Waals surface area contributed by atoms with Crippen molar-refractivity contribution < 1.29 is 19.2 Å². The lowest BCUT2D eigenvalue weighted by Gasteiger charge is -2.12. The molecule has 2 rings (SSSR count). The first-order valence-corrected chi connectivity index (χ1v) is 8.89. The maximum absolute atomic E-state index is 12.1. The lowest BCUT2D eigenvalue weighted by molar-refractivity contribution is -0.384. The number of anilines is 1. The first-order valence-electron chi connectivity index (χ1n) is 6.49. The number of nitrogens with zero attached hydrogens (tertiary/aromatic N) is 1. The second kappa shape index (κ2) is 7.86. The van der Waals surface area contributed by atoms with Crippen LogP contribution >= 0.6 is 43.2 Å². The van der Waals surface area contributed by atoms with Crippen molar-refractivity contribution in [3.05, 3.63) is 53.6 Å². The molecular formula is C14H10Br2N2O5S. The van der Waals surface area contributed by atoms with E-state index in [4.69, 9.17) is 4.74 Å². The average molecular weight is 478 g/mol. The molecule has 1 N–H and O–H groups in total. The number of carbonyl (C=O) groups excluding carboxylic acids is 2. The monoisotopic (exact) mass is 476 g/mol. The van der Waals surface area contributed by atoms with Gasteiger partial charge in [-0.2, -0.15) is 0 Å². The predicted octanol–water partition coefficient (Wildman–Crippen LogP) is 4.37. The normalized spacial score (nSPS) is 11.6. The Morgan fingerprint density at radius 1 is 1.33 bits per heavy atom. The van der Waals surface area contributed by atoms with E-state index in [0.717, 1.165) is 3.79 Å². The number of hydrogen-bond donors (Lipinski definition) is 1. The van der Waals surface area contributed by atoms with Crippen molar-refractivity contribution in [1.29, 1.82) is 0 Å². The Morgan fingerprint density at radius 2 is 2.04 bits per heavy atom. The summed E-state index contributed by atoms with van der Waals surface area (Å²) in [6.07, 6.45) is -1.06. The van der Waals surface area contributed by atoms with Crippen LogP contribution in [0.2, 0.25) is 0 Å². The first kappa shape index (κ1) is 18.6. The second-order valence-corrected chi connectivity index (χ2v) is 7.80. The van der Waals surface area contributed by atoms with Crippen LogP contribution in [0.4, 0.5) is 11.4 Å². The molecule has 0 radical (unpaired) electrons. The molecule has 7 nitrogen and oxygen atoms in total. The molecule has 0 spiro atoms. The van der Waals surface area contributed by atoms with Gasteiger partial charge in [0.2, 0.25) is 0 Å². The highest BCUT2D eigenvalue weighted by Crippen LogP contribution is 2.32. The van der Waals surface area contributed by atoms with E-state index in [-0.39, 0.29) is 11.4 Å². The van der Waals surface area contributed by atoms with Gasteiger partial charge in [0.15, 0.2) is 6.10 Å². The lowest BCUT2D eigenvalue weighted by atomic mass is 10.2. The van der Waals surface area contributed by atoms with E-state index in [1.165, 1.54) is 42.5 Å². The minimum atomic E-state index is -1.06. The van der Waals surface area contributed by atoms with Crippen LogP contribution in [0.15, 0.2) is 38.6 Å². The van der Waals surface area contributed by atoms with Gasteiger partial charge in [0.05, 0.1) is 8.71 Å². The summed E-state index contributed by atoms with van der Waals surface area (Å²) in [5.41, 5.74) is 0.101. The summed E-state index contributed by atoms with van der Waals surface area (Å²) in [5, 5.41) is 13.2. The minimum Gasteiger partial charge on any atom is -0.448 e. The maximum atomic E-state index is 12.1. The molecule has 1 aromatic heterocycles. The van der Waals surface area contributed by atoms with E-state index in [2.05, 4.69) is 37.2 Å². The van der Waals surface area contributed by atoms with Crippen LogP contribution in [0, 0.1) is 10.1 Å². The quantitative estimate of drug-likeness (QED) is 0.391. The first-order chi connectivity index (χ1) is 11.3. The number of amides is 1. The molecule has 24 heavy (non-hydrogen) atoms. The Morgan fingerprint density at radius 3 is 2.62 bits per heavy atom. The molecular weight excluding hydrogens is 468 g/mol. The average Bonchev–Trinajstić information content (AvgIpc) is 2.87. The van der Waals surface area contributed by atoms with Crippen molar-refractivity contribution in [3.63, 3.8) is 0 Å². The largest absolute Gasteiger partial charge is 0.448 e. The smallest absolute Gasteiger partial charge is 0.349 e. The van der Waals surface area contributed by atoms with Gasteiger partial charge in [-0.3, -0.25) is 14.9 Å². The second-order valence-electron chi connectivity index (χ2n) is 4.58. The fourth-order valence-electron chi connectivity index (χ4n) is 1.66. The van der Waals surface area contributed by atoms with Gasteiger partial charge in [-0.05, 0) is 50.9 Å². The topological polar surface area (TPSA) is 98.5 Å². The number of halogens is 2. The van der Waals surface area contributed by atoms with Crippen LogP contribution in [-0.2, 0) is 9.53 Å². The van der Waals surface area contributed by atoms with E-state index in [9.17, 15) is 19.7 Å². The number of nitro benzene ring substituents is 1. The predicted molar refractivity (Wildman–Crippen MR) is 96.3 cm³/mol. The SMILES string of the molecule is CC(OC(=O)c1cc(Br)c(Br)s1)C(=O)Nc1cccc([N+](=O)[O-])c1. The van der Waals surface area contributed by atoms with Gasteiger partial charge in [0, 0.05) is 22.3 Å². The number of rotatable bonds is 5. The molecule has 0 bridgehead atoms. The molecule has 0 aliphatic rings. The Kier molecular flexibility index (Phi) is 6.08. The number of carbonyl (C=O) groups is 2. The van der Waals surface area contributed by atoms with Crippen molar-refractivity contribution in [3.8, 4) is 0 Å². The zero-order chi connectivity index (χ0) is 17.9. The molecule has 1 aromatic carbocycles. The summed E-state index contributed by atoms with van der Waals surface area (Å²) in [7, 11) is 0. The molecule has 0 aliphatic heterocycles. The van der Waals surface area contributed by atoms with Gasteiger partial charge in [-0.25, -0.2) is 4.79 Å². The van der Waals surface area contributed by atoms with Gasteiger partial charge >= 0.3 is 5.97 Å². The Balaban J connectivity index is 2.00. The summed E-state index contributed by atoms with van der Waals surface area (Å²) in [5.74, 6) is -1.22.